The third-order valence-electron chi connectivity index (χ3n) is 3.42. The van der Waals surface area contributed by atoms with Crippen molar-refractivity contribution in [3.63, 3.8) is 0 Å². The number of hydrogen-bond acceptors (Lipinski definition) is 3. The van der Waals surface area contributed by atoms with E-state index in [0.717, 1.165) is 12.2 Å². The third kappa shape index (κ3) is 1.92. The topological polar surface area (TPSA) is 63.1 Å². The molecular weight excluding hydrogens is 204 g/mol. The molecule has 0 saturated heterocycles. The summed E-state index contributed by atoms with van der Waals surface area (Å²) in [4.78, 5) is 19.4. The van der Waals surface area contributed by atoms with Crippen molar-refractivity contribution in [2.24, 2.45) is 5.92 Å². The van der Waals surface area contributed by atoms with Gasteiger partial charge in [-0.05, 0) is 25.7 Å². The van der Waals surface area contributed by atoms with Crippen molar-refractivity contribution >= 4 is 5.97 Å². The van der Waals surface area contributed by atoms with Gasteiger partial charge >= 0.3 is 5.97 Å². The summed E-state index contributed by atoms with van der Waals surface area (Å²) in [6.07, 6.45) is 4.99. The van der Waals surface area contributed by atoms with Crippen LogP contribution in [0.3, 0.4) is 0 Å². The SMILES string of the molecule is Cc1nc(C2CCCC2C)ncc1C(=O)O. The number of nitrogens with zero attached hydrogens (tertiary/aromatic N) is 2. The molecule has 0 spiro atoms. The molecule has 1 N–H and O–H groups in total. The molecule has 0 radical (unpaired) electrons. The van der Waals surface area contributed by atoms with E-state index in [1.165, 1.54) is 19.0 Å². The molecule has 0 amide bonds. The Hall–Kier alpha value is -1.45. The summed E-state index contributed by atoms with van der Waals surface area (Å²) in [5.74, 6) is 0.868. The van der Waals surface area contributed by atoms with Crippen LogP contribution >= 0.6 is 0 Å². The normalized spacial score (nSPS) is 24.6. The molecule has 0 bridgehead atoms. The first-order valence-electron chi connectivity index (χ1n) is 5.66. The molecule has 2 unspecified atom stereocenters. The molecule has 1 fully saturated rings. The summed E-state index contributed by atoms with van der Waals surface area (Å²) in [5, 5.41) is 8.89. The molecule has 0 aromatic carbocycles. The van der Waals surface area contributed by atoms with E-state index < -0.39 is 5.97 Å². The molecule has 4 nitrogen and oxygen atoms in total. The molecule has 16 heavy (non-hydrogen) atoms. The van der Waals surface area contributed by atoms with E-state index in [-0.39, 0.29) is 5.56 Å². The van der Waals surface area contributed by atoms with Crippen molar-refractivity contribution in [2.75, 3.05) is 0 Å². The van der Waals surface area contributed by atoms with Crippen LogP contribution in [0.25, 0.3) is 0 Å². The van der Waals surface area contributed by atoms with E-state index in [4.69, 9.17) is 5.11 Å². The fourth-order valence-corrected chi connectivity index (χ4v) is 2.40. The van der Waals surface area contributed by atoms with E-state index >= 15 is 0 Å². The maximum absolute atomic E-state index is 10.8. The molecule has 1 saturated carbocycles. The number of carbonyl (C=O) groups is 1. The van der Waals surface area contributed by atoms with Crippen LogP contribution in [0.2, 0.25) is 0 Å². The zero-order chi connectivity index (χ0) is 11.7. The Bertz CT molecular complexity index is 417. The number of aromatic carboxylic acids is 1. The fraction of sp³-hybridized carbons (Fsp3) is 0.583. The maximum Gasteiger partial charge on any atom is 0.339 e. The molecule has 1 aliphatic carbocycles. The Kier molecular flexibility index (Phi) is 2.90. The van der Waals surface area contributed by atoms with E-state index in [2.05, 4.69) is 16.9 Å². The Morgan fingerprint density at radius 1 is 1.50 bits per heavy atom. The Morgan fingerprint density at radius 2 is 2.25 bits per heavy atom. The number of carboxylic acid groups (broad SMARTS) is 1. The Balaban J connectivity index is 2.30. The average Bonchev–Trinajstić information content (AvgIpc) is 2.63. The van der Waals surface area contributed by atoms with Crippen LogP contribution in [-0.4, -0.2) is 21.0 Å². The van der Waals surface area contributed by atoms with E-state index in [1.54, 1.807) is 6.92 Å². The van der Waals surface area contributed by atoms with Gasteiger partial charge in [0.25, 0.3) is 0 Å². The Labute approximate surface area is 94.7 Å². The maximum atomic E-state index is 10.8. The first-order chi connectivity index (χ1) is 7.59. The number of hydrogen-bond donors (Lipinski definition) is 1. The van der Waals surface area contributed by atoms with Crippen molar-refractivity contribution in [1.29, 1.82) is 0 Å². The second-order valence-corrected chi connectivity index (χ2v) is 4.55. The highest BCUT2D eigenvalue weighted by Crippen LogP contribution is 2.37. The lowest BCUT2D eigenvalue weighted by Crippen LogP contribution is -2.11. The third-order valence-corrected chi connectivity index (χ3v) is 3.42. The first-order valence-corrected chi connectivity index (χ1v) is 5.66. The predicted molar refractivity (Wildman–Crippen MR) is 59.5 cm³/mol. The first kappa shape index (κ1) is 11.0. The molecule has 86 valence electrons. The van der Waals surface area contributed by atoms with Gasteiger partial charge in [0.1, 0.15) is 5.82 Å². The van der Waals surface area contributed by atoms with Crippen molar-refractivity contribution in [3.05, 3.63) is 23.3 Å². The molecule has 1 aromatic heterocycles. The van der Waals surface area contributed by atoms with Gasteiger partial charge in [0.05, 0.1) is 11.3 Å². The summed E-state index contributed by atoms with van der Waals surface area (Å²) >= 11 is 0. The van der Waals surface area contributed by atoms with Gasteiger partial charge in [-0.15, -0.1) is 0 Å². The quantitative estimate of drug-likeness (QED) is 0.831. The van der Waals surface area contributed by atoms with Gasteiger partial charge in [-0.3, -0.25) is 0 Å². The van der Waals surface area contributed by atoms with Crippen LogP contribution in [-0.2, 0) is 0 Å². The van der Waals surface area contributed by atoms with Crippen molar-refractivity contribution < 1.29 is 9.90 Å². The van der Waals surface area contributed by atoms with Gasteiger partial charge in [-0.25, -0.2) is 14.8 Å². The number of aryl methyl sites for hydroxylation is 1. The van der Waals surface area contributed by atoms with Gasteiger partial charge in [0.2, 0.25) is 0 Å². The molecular formula is C12H16N2O2. The average molecular weight is 220 g/mol. The second-order valence-electron chi connectivity index (χ2n) is 4.55. The van der Waals surface area contributed by atoms with Gasteiger partial charge in [-0.1, -0.05) is 13.3 Å². The molecule has 1 aromatic rings. The number of carboxylic acids is 1. The van der Waals surface area contributed by atoms with Crippen LogP contribution in [0.1, 0.15) is 54.0 Å². The molecule has 1 heterocycles. The molecule has 0 aliphatic heterocycles. The highest BCUT2D eigenvalue weighted by molar-refractivity contribution is 5.88. The minimum atomic E-state index is -0.955. The van der Waals surface area contributed by atoms with Crippen LogP contribution in [0, 0.1) is 12.8 Å². The van der Waals surface area contributed by atoms with Crippen LogP contribution in [0.4, 0.5) is 0 Å². The minimum Gasteiger partial charge on any atom is -0.478 e. The summed E-state index contributed by atoms with van der Waals surface area (Å²) in [7, 11) is 0. The summed E-state index contributed by atoms with van der Waals surface area (Å²) in [6, 6.07) is 0. The van der Waals surface area contributed by atoms with Crippen LogP contribution < -0.4 is 0 Å². The van der Waals surface area contributed by atoms with Gasteiger partial charge in [0.15, 0.2) is 0 Å². The van der Waals surface area contributed by atoms with E-state index in [0.29, 0.717) is 17.5 Å². The fourth-order valence-electron chi connectivity index (χ4n) is 2.40. The monoisotopic (exact) mass is 220 g/mol. The number of aromatic nitrogens is 2. The summed E-state index contributed by atoms with van der Waals surface area (Å²) in [5.41, 5.74) is 0.769. The number of rotatable bonds is 2. The standard InChI is InChI=1S/C12H16N2O2/c1-7-4-3-5-9(7)11-13-6-10(12(15)16)8(2)14-11/h6-7,9H,3-5H2,1-2H3,(H,15,16). The van der Waals surface area contributed by atoms with Gasteiger partial charge in [-0.2, -0.15) is 0 Å². The van der Waals surface area contributed by atoms with Gasteiger partial charge in [0, 0.05) is 12.1 Å². The lowest BCUT2D eigenvalue weighted by Gasteiger charge is -2.14. The highest BCUT2D eigenvalue weighted by atomic mass is 16.4. The van der Waals surface area contributed by atoms with Crippen LogP contribution in [0.15, 0.2) is 6.20 Å². The van der Waals surface area contributed by atoms with Crippen molar-refractivity contribution in [3.8, 4) is 0 Å². The van der Waals surface area contributed by atoms with Gasteiger partial charge < -0.3 is 5.11 Å². The summed E-state index contributed by atoms with van der Waals surface area (Å²) < 4.78 is 0. The molecule has 1 aliphatic rings. The smallest absolute Gasteiger partial charge is 0.339 e. The Morgan fingerprint density at radius 3 is 2.75 bits per heavy atom. The zero-order valence-corrected chi connectivity index (χ0v) is 9.60. The zero-order valence-electron chi connectivity index (χ0n) is 9.60. The van der Waals surface area contributed by atoms with Crippen LogP contribution in [0.5, 0.6) is 0 Å². The minimum absolute atomic E-state index is 0.203. The van der Waals surface area contributed by atoms with Crippen molar-refractivity contribution in [1.82, 2.24) is 9.97 Å². The molecule has 2 atom stereocenters. The lowest BCUT2D eigenvalue weighted by molar-refractivity contribution is 0.0695. The largest absolute Gasteiger partial charge is 0.478 e. The van der Waals surface area contributed by atoms with Crippen molar-refractivity contribution in [2.45, 2.75) is 39.0 Å². The highest BCUT2D eigenvalue weighted by Gasteiger charge is 2.27. The molecule has 4 heteroatoms. The predicted octanol–water partition coefficient (Wildman–Crippen LogP) is 2.39. The lowest BCUT2D eigenvalue weighted by atomic mass is 9.97. The second kappa shape index (κ2) is 4.20. The molecule has 2 rings (SSSR count). The van der Waals surface area contributed by atoms with E-state index in [9.17, 15) is 4.79 Å². The van der Waals surface area contributed by atoms with E-state index in [1.807, 2.05) is 0 Å². The summed E-state index contributed by atoms with van der Waals surface area (Å²) in [6.45, 7) is 3.94.